The number of anilines is 1. The van der Waals surface area contributed by atoms with Gasteiger partial charge in [-0.15, -0.1) is 0 Å². The van der Waals surface area contributed by atoms with Crippen molar-refractivity contribution in [3.8, 4) is 6.07 Å². The Morgan fingerprint density at radius 1 is 1.47 bits per heavy atom. The smallest absolute Gasteiger partial charge is 0.242 e. The van der Waals surface area contributed by atoms with E-state index in [-0.39, 0.29) is 35.0 Å². The van der Waals surface area contributed by atoms with E-state index in [9.17, 15) is 13.2 Å². The number of nitrogen functional groups attached to an aromatic ring is 1. The van der Waals surface area contributed by atoms with Crippen LogP contribution in [0.15, 0.2) is 23.1 Å². The molecular weight excluding hydrogens is 268 g/mol. The number of nitrogens with two attached hydrogens (primary N) is 1. The van der Waals surface area contributed by atoms with Crippen molar-refractivity contribution >= 4 is 21.6 Å². The second-order valence-corrected chi connectivity index (χ2v) is 5.42. The zero-order chi connectivity index (χ0) is 14.5. The van der Waals surface area contributed by atoms with E-state index in [0.29, 0.717) is 0 Å². The highest BCUT2D eigenvalue weighted by atomic mass is 32.2. The normalized spacial score (nSPS) is 10.7. The molecule has 4 N–H and O–H groups in total. The molecule has 0 heterocycles. The molecule has 0 spiro atoms. The minimum absolute atomic E-state index is 0.00788. The van der Waals surface area contributed by atoms with Crippen molar-refractivity contribution < 1.29 is 13.2 Å². The lowest BCUT2D eigenvalue weighted by atomic mass is 10.2. The van der Waals surface area contributed by atoms with Gasteiger partial charge in [0.15, 0.2) is 0 Å². The highest BCUT2D eigenvalue weighted by Gasteiger charge is 2.17. The molecule has 0 atom stereocenters. The highest BCUT2D eigenvalue weighted by molar-refractivity contribution is 7.89. The van der Waals surface area contributed by atoms with Crippen LogP contribution in [0.2, 0.25) is 0 Å². The van der Waals surface area contributed by atoms with Gasteiger partial charge in [0, 0.05) is 20.0 Å². The molecule has 1 aromatic carbocycles. The molecule has 0 fully saturated rings. The summed E-state index contributed by atoms with van der Waals surface area (Å²) in [5.74, 6) is -0.268. The van der Waals surface area contributed by atoms with Crippen molar-refractivity contribution in [3.05, 3.63) is 23.8 Å². The molecule has 0 saturated heterocycles. The fraction of sp³-hybridized carbons (Fsp3) is 0.273. The summed E-state index contributed by atoms with van der Waals surface area (Å²) in [4.78, 5) is 10.9. The number of carbonyl (C=O) groups is 1. The lowest BCUT2D eigenvalue weighted by Gasteiger charge is -2.08. The summed E-state index contributed by atoms with van der Waals surface area (Å²) in [7, 11) is -2.32. The van der Waals surface area contributed by atoms with Gasteiger partial charge in [-0.1, -0.05) is 0 Å². The molecule has 1 amide bonds. The molecule has 0 unspecified atom stereocenters. The van der Waals surface area contributed by atoms with Gasteiger partial charge in [-0.05, 0) is 18.2 Å². The van der Waals surface area contributed by atoms with E-state index in [1.807, 2.05) is 6.07 Å². The zero-order valence-electron chi connectivity index (χ0n) is 10.3. The maximum atomic E-state index is 11.9. The Labute approximate surface area is 111 Å². The average molecular weight is 282 g/mol. The number of carbonyl (C=O) groups excluding carboxylic acids is 1. The lowest BCUT2D eigenvalue weighted by molar-refractivity contribution is -0.120. The first-order valence-corrected chi connectivity index (χ1v) is 6.89. The van der Waals surface area contributed by atoms with Crippen LogP contribution in [-0.4, -0.2) is 27.9 Å². The molecule has 1 rings (SSSR count). The predicted molar refractivity (Wildman–Crippen MR) is 69.4 cm³/mol. The van der Waals surface area contributed by atoms with Crippen molar-refractivity contribution in [2.24, 2.45) is 0 Å². The number of hydrogen-bond donors (Lipinski definition) is 3. The van der Waals surface area contributed by atoms with E-state index in [4.69, 9.17) is 11.0 Å². The van der Waals surface area contributed by atoms with Crippen LogP contribution in [0.5, 0.6) is 0 Å². The van der Waals surface area contributed by atoms with E-state index in [2.05, 4.69) is 10.0 Å². The second-order valence-electron chi connectivity index (χ2n) is 3.69. The van der Waals surface area contributed by atoms with Crippen molar-refractivity contribution in [1.29, 1.82) is 5.26 Å². The van der Waals surface area contributed by atoms with Crippen LogP contribution < -0.4 is 15.8 Å². The van der Waals surface area contributed by atoms with Gasteiger partial charge < -0.3 is 11.1 Å². The summed E-state index contributed by atoms with van der Waals surface area (Å²) < 4.78 is 26.1. The van der Waals surface area contributed by atoms with Crippen LogP contribution in [0.3, 0.4) is 0 Å². The first kappa shape index (κ1) is 14.9. The van der Waals surface area contributed by atoms with Crippen LogP contribution in [0.25, 0.3) is 0 Å². The van der Waals surface area contributed by atoms with E-state index in [1.54, 1.807) is 0 Å². The monoisotopic (exact) mass is 282 g/mol. The SMILES string of the molecule is CNC(=O)CCNS(=O)(=O)c1ccc(C#N)cc1N. The van der Waals surface area contributed by atoms with Crippen LogP contribution in [0, 0.1) is 11.3 Å². The van der Waals surface area contributed by atoms with Crippen molar-refractivity contribution in [1.82, 2.24) is 10.0 Å². The number of nitriles is 1. The maximum Gasteiger partial charge on any atom is 0.242 e. The van der Waals surface area contributed by atoms with Crippen molar-refractivity contribution in [2.45, 2.75) is 11.3 Å². The number of hydrogen-bond acceptors (Lipinski definition) is 5. The third kappa shape index (κ3) is 3.94. The summed E-state index contributed by atoms with van der Waals surface area (Å²) >= 11 is 0. The number of rotatable bonds is 5. The Balaban J connectivity index is 2.84. The minimum atomic E-state index is -3.78. The summed E-state index contributed by atoms with van der Waals surface area (Å²) in [5, 5.41) is 11.1. The van der Waals surface area contributed by atoms with Gasteiger partial charge in [-0.2, -0.15) is 5.26 Å². The van der Waals surface area contributed by atoms with Crippen LogP contribution in [0.1, 0.15) is 12.0 Å². The number of amides is 1. The van der Waals surface area contributed by atoms with Crippen LogP contribution in [-0.2, 0) is 14.8 Å². The number of sulfonamides is 1. The largest absolute Gasteiger partial charge is 0.398 e. The molecule has 0 bridgehead atoms. The third-order valence-corrected chi connectivity index (χ3v) is 3.89. The van der Waals surface area contributed by atoms with Crippen molar-refractivity contribution in [3.63, 3.8) is 0 Å². The van der Waals surface area contributed by atoms with E-state index in [0.717, 1.165) is 0 Å². The van der Waals surface area contributed by atoms with Gasteiger partial charge in [0.25, 0.3) is 0 Å². The standard InChI is InChI=1S/C11H14N4O3S/c1-14-11(16)4-5-15-19(17,18)10-3-2-8(7-12)6-9(10)13/h2-3,6,15H,4-5,13H2,1H3,(H,14,16). The number of benzene rings is 1. The van der Waals surface area contributed by atoms with E-state index < -0.39 is 10.0 Å². The molecule has 19 heavy (non-hydrogen) atoms. The number of nitrogens with one attached hydrogen (secondary N) is 2. The lowest BCUT2D eigenvalue weighted by Crippen LogP contribution is -2.29. The quantitative estimate of drug-likeness (QED) is 0.631. The fourth-order valence-electron chi connectivity index (χ4n) is 1.36. The van der Waals surface area contributed by atoms with Gasteiger partial charge in [0.2, 0.25) is 15.9 Å². The molecule has 0 aromatic heterocycles. The topological polar surface area (TPSA) is 125 Å². The molecule has 7 nitrogen and oxygen atoms in total. The Bertz CT molecular complexity index is 619. The molecule has 0 aliphatic rings. The summed E-state index contributed by atoms with van der Waals surface area (Å²) in [6.07, 6.45) is 0.0336. The Kier molecular flexibility index (Phi) is 4.86. The third-order valence-electron chi connectivity index (χ3n) is 2.35. The Morgan fingerprint density at radius 2 is 2.16 bits per heavy atom. The van der Waals surface area contributed by atoms with E-state index >= 15 is 0 Å². The molecule has 0 aliphatic heterocycles. The van der Waals surface area contributed by atoms with Crippen LogP contribution >= 0.6 is 0 Å². The predicted octanol–water partition coefficient (Wildman–Crippen LogP) is -0.445. The maximum absolute atomic E-state index is 11.9. The first-order chi connectivity index (χ1) is 8.90. The fourth-order valence-corrected chi connectivity index (χ4v) is 2.51. The molecule has 0 aliphatic carbocycles. The summed E-state index contributed by atoms with van der Waals surface area (Å²) in [5.41, 5.74) is 5.86. The van der Waals surface area contributed by atoms with E-state index in [1.165, 1.54) is 25.2 Å². The first-order valence-electron chi connectivity index (χ1n) is 5.40. The van der Waals surface area contributed by atoms with Gasteiger partial charge in [0.1, 0.15) is 4.90 Å². The van der Waals surface area contributed by atoms with Crippen LogP contribution in [0.4, 0.5) is 5.69 Å². The summed E-state index contributed by atoms with van der Waals surface area (Å²) in [6, 6.07) is 5.77. The Morgan fingerprint density at radius 3 is 2.68 bits per heavy atom. The second kappa shape index (κ2) is 6.17. The average Bonchev–Trinajstić information content (AvgIpc) is 2.37. The Hall–Kier alpha value is -2.11. The summed E-state index contributed by atoms with van der Waals surface area (Å²) in [6.45, 7) is -0.0263. The molecule has 0 radical (unpaired) electrons. The number of nitrogens with zero attached hydrogens (tertiary/aromatic N) is 1. The minimum Gasteiger partial charge on any atom is -0.398 e. The molecule has 0 saturated carbocycles. The molecule has 102 valence electrons. The molecular formula is C11H14N4O3S. The van der Waals surface area contributed by atoms with Gasteiger partial charge in [-0.25, -0.2) is 13.1 Å². The van der Waals surface area contributed by atoms with Gasteiger partial charge in [-0.3, -0.25) is 4.79 Å². The molecule has 1 aromatic rings. The van der Waals surface area contributed by atoms with Gasteiger partial charge in [0.05, 0.1) is 17.3 Å². The van der Waals surface area contributed by atoms with Crippen molar-refractivity contribution in [2.75, 3.05) is 19.3 Å². The molecule has 8 heteroatoms. The van der Waals surface area contributed by atoms with Gasteiger partial charge >= 0.3 is 0 Å². The highest BCUT2D eigenvalue weighted by Crippen LogP contribution is 2.19. The zero-order valence-corrected chi connectivity index (χ0v) is 11.1.